The average molecular weight is 388 g/mol. The summed E-state index contributed by atoms with van der Waals surface area (Å²) in [6.07, 6.45) is 0. The number of carbonyl (C=O) groups excluding carboxylic acids is 1. The number of aromatic nitrogens is 1. The zero-order valence-corrected chi connectivity index (χ0v) is 15.5. The number of aryl methyl sites for hydroxylation is 1. The highest BCUT2D eigenvalue weighted by molar-refractivity contribution is 8.00. The predicted octanol–water partition coefficient (Wildman–Crippen LogP) is 3.55. The minimum Gasteiger partial charge on any atom is -0.338 e. The molecule has 8 heteroatoms. The van der Waals surface area contributed by atoms with Crippen LogP contribution in [0.5, 0.6) is 0 Å². The number of rotatable bonds is 4. The molecular weight excluding hydrogens is 373 g/mol. The third-order valence-corrected chi connectivity index (χ3v) is 6.57. The van der Waals surface area contributed by atoms with Crippen LogP contribution in [-0.4, -0.2) is 35.4 Å². The van der Waals surface area contributed by atoms with Crippen LogP contribution in [0.3, 0.4) is 0 Å². The number of thioether (sulfide) groups is 1. The molecule has 1 aliphatic rings. The van der Waals surface area contributed by atoms with Gasteiger partial charge < -0.3 is 10.6 Å². The summed E-state index contributed by atoms with van der Waals surface area (Å²) in [5.41, 5.74) is 6.43. The lowest BCUT2D eigenvalue weighted by Crippen LogP contribution is -2.60. The standard InChI is InChI=1S/C15H15Cl2N3OS2/c1-9-19-13(6-22-9)15(7-20(8-15)14(21)5-18)23-12-4-10(16)2-3-11(12)17/h2-4,6H,5,7-8,18H2,1H3. The van der Waals surface area contributed by atoms with Gasteiger partial charge in [-0.05, 0) is 25.1 Å². The van der Waals surface area contributed by atoms with Crippen molar-refractivity contribution in [2.75, 3.05) is 19.6 Å². The molecule has 1 saturated heterocycles. The average Bonchev–Trinajstić information content (AvgIpc) is 2.92. The van der Waals surface area contributed by atoms with Crippen LogP contribution in [0.4, 0.5) is 0 Å². The van der Waals surface area contributed by atoms with Gasteiger partial charge in [0, 0.05) is 28.4 Å². The number of carbonyl (C=O) groups is 1. The highest BCUT2D eigenvalue weighted by Crippen LogP contribution is 2.50. The van der Waals surface area contributed by atoms with Crippen LogP contribution in [0.1, 0.15) is 10.7 Å². The van der Waals surface area contributed by atoms with Gasteiger partial charge in [-0.15, -0.1) is 23.1 Å². The molecule has 0 atom stereocenters. The SMILES string of the molecule is Cc1nc(C2(Sc3cc(Cl)ccc3Cl)CN(C(=O)CN)C2)cs1. The van der Waals surface area contributed by atoms with Crippen LogP contribution in [-0.2, 0) is 9.54 Å². The molecule has 1 aliphatic heterocycles. The molecular formula is C15H15Cl2N3OS2. The van der Waals surface area contributed by atoms with Gasteiger partial charge in [0.25, 0.3) is 0 Å². The zero-order valence-electron chi connectivity index (χ0n) is 12.4. The summed E-state index contributed by atoms with van der Waals surface area (Å²) in [4.78, 5) is 19.1. The molecule has 2 heterocycles. The molecule has 23 heavy (non-hydrogen) atoms. The Labute approximate surface area is 153 Å². The molecule has 2 N–H and O–H groups in total. The molecule has 1 aromatic heterocycles. The Hall–Kier alpha value is -0.790. The molecule has 3 rings (SSSR count). The fourth-order valence-electron chi connectivity index (χ4n) is 2.49. The van der Waals surface area contributed by atoms with E-state index in [1.54, 1.807) is 40.1 Å². The number of halogens is 2. The van der Waals surface area contributed by atoms with Crippen molar-refractivity contribution in [2.24, 2.45) is 5.73 Å². The first-order valence-electron chi connectivity index (χ1n) is 6.98. The molecule has 0 bridgehead atoms. The Morgan fingerprint density at radius 2 is 2.22 bits per heavy atom. The van der Waals surface area contributed by atoms with Gasteiger partial charge in [0.05, 0.1) is 27.0 Å². The quantitative estimate of drug-likeness (QED) is 0.870. The van der Waals surface area contributed by atoms with E-state index in [0.29, 0.717) is 23.1 Å². The summed E-state index contributed by atoms with van der Waals surface area (Å²) in [7, 11) is 0. The molecule has 2 aromatic rings. The van der Waals surface area contributed by atoms with E-state index in [1.807, 2.05) is 18.4 Å². The fourth-order valence-corrected chi connectivity index (χ4v) is 5.17. The van der Waals surface area contributed by atoms with E-state index in [0.717, 1.165) is 15.6 Å². The van der Waals surface area contributed by atoms with E-state index in [2.05, 4.69) is 4.98 Å². The maximum Gasteiger partial charge on any atom is 0.236 e. The van der Waals surface area contributed by atoms with Gasteiger partial charge in [-0.3, -0.25) is 4.79 Å². The summed E-state index contributed by atoms with van der Waals surface area (Å²) in [6, 6.07) is 5.40. The summed E-state index contributed by atoms with van der Waals surface area (Å²) in [5, 5.41) is 4.33. The van der Waals surface area contributed by atoms with Crippen LogP contribution in [0.25, 0.3) is 0 Å². The van der Waals surface area contributed by atoms with E-state index in [4.69, 9.17) is 28.9 Å². The topological polar surface area (TPSA) is 59.2 Å². The number of nitrogens with two attached hydrogens (primary N) is 1. The second-order valence-electron chi connectivity index (χ2n) is 5.38. The maximum atomic E-state index is 11.8. The molecule has 4 nitrogen and oxygen atoms in total. The van der Waals surface area contributed by atoms with Crippen molar-refractivity contribution in [1.29, 1.82) is 0 Å². The number of benzene rings is 1. The smallest absolute Gasteiger partial charge is 0.236 e. The largest absolute Gasteiger partial charge is 0.338 e. The van der Waals surface area contributed by atoms with Crippen molar-refractivity contribution in [1.82, 2.24) is 9.88 Å². The third kappa shape index (κ3) is 3.37. The number of hydrogen-bond acceptors (Lipinski definition) is 5. The van der Waals surface area contributed by atoms with E-state index in [1.165, 1.54) is 0 Å². The summed E-state index contributed by atoms with van der Waals surface area (Å²) >= 11 is 15.6. The number of amides is 1. The Balaban J connectivity index is 1.91. The van der Waals surface area contributed by atoms with Gasteiger partial charge >= 0.3 is 0 Å². The predicted molar refractivity (Wildman–Crippen MR) is 96.5 cm³/mol. The van der Waals surface area contributed by atoms with E-state index in [-0.39, 0.29) is 17.2 Å². The van der Waals surface area contributed by atoms with Gasteiger partial charge in [0.2, 0.25) is 5.91 Å². The Morgan fingerprint density at radius 1 is 1.48 bits per heavy atom. The monoisotopic (exact) mass is 387 g/mol. The molecule has 1 aromatic carbocycles. The molecule has 0 spiro atoms. The van der Waals surface area contributed by atoms with Gasteiger partial charge in [-0.1, -0.05) is 23.2 Å². The number of thiazole rings is 1. The van der Waals surface area contributed by atoms with Crippen LogP contribution in [0, 0.1) is 6.92 Å². The van der Waals surface area contributed by atoms with Gasteiger partial charge in [0.1, 0.15) is 0 Å². The van der Waals surface area contributed by atoms with Crippen LogP contribution >= 0.6 is 46.3 Å². The van der Waals surface area contributed by atoms with Crippen LogP contribution < -0.4 is 5.73 Å². The second-order valence-corrected chi connectivity index (χ2v) is 8.71. The summed E-state index contributed by atoms with van der Waals surface area (Å²) < 4.78 is -0.302. The van der Waals surface area contributed by atoms with Crippen molar-refractivity contribution >= 4 is 52.2 Å². The molecule has 1 amide bonds. The number of nitrogens with zero attached hydrogens (tertiary/aromatic N) is 2. The van der Waals surface area contributed by atoms with Crippen molar-refractivity contribution in [2.45, 2.75) is 16.6 Å². The van der Waals surface area contributed by atoms with Gasteiger partial charge in [-0.25, -0.2) is 4.98 Å². The molecule has 122 valence electrons. The molecule has 0 unspecified atom stereocenters. The van der Waals surface area contributed by atoms with Crippen LogP contribution in [0.2, 0.25) is 10.0 Å². The molecule has 0 aliphatic carbocycles. The van der Waals surface area contributed by atoms with Gasteiger partial charge in [0.15, 0.2) is 0 Å². The van der Waals surface area contributed by atoms with E-state index < -0.39 is 0 Å². The van der Waals surface area contributed by atoms with E-state index >= 15 is 0 Å². The van der Waals surface area contributed by atoms with Crippen molar-refractivity contribution < 1.29 is 4.79 Å². The minimum atomic E-state index is -0.302. The number of hydrogen-bond donors (Lipinski definition) is 1. The summed E-state index contributed by atoms with van der Waals surface area (Å²) in [5.74, 6) is -0.0506. The number of likely N-dealkylation sites (tertiary alicyclic amines) is 1. The molecule has 1 fully saturated rings. The second kappa shape index (κ2) is 6.61. The van der Waals surface area contributed by atoms with E-state index in [9.17, 15) is 4.79 Å². The van der Waals surface area contributed by atoms with Crippen molar-refractivity contribution in [3.8, 4) is 0 Å². The fraction of sp³-hybridized carbons (Fsp3) is 0.333. The highest BCUT2D eigenvalue weighted by Gasteiger charge is 2.49. The maximum absolute atomic E-state index is 11.8. The lowest BCUT2D eigenvalue weighted by atomic mass is 9.95. The molecule has 0 radical (unpaired) electrons. The Kier molecular flexibility index (Phi) is 4.90. The van der Waals surface area contributed by atoms with Crippen molar-refractivity contribution in [3.05, 3.63) is 44.3 Å². The Morgan fingerprint density at radius 3 is 2.83 bits per heavy atom. The first-order valence-corrected chi connectivity index (χ1v) is 9.43. The minimum absolute atomic E-state index is 0.0226. The lowest BCUT2D eigenvalue weighted by molar-refractivity contribution is -0.134. The lowest BCUT2D eigenvalue weighted by Gasteiger charge is -2.48. The van der Waals surface area contributed by atoms with Crippen molar-refractivity contribution in [3.63, 3.8) is 0 Å². The Bertz CT molecular complexity index is 744. The first-order chi connectivity index (χ1) is 10.9. The van der Waals surface area contributed by atoms with Gasteiger partial charge in [-0.2, -0.15) is 0 Å². The van der Waals surface area contributed by atoms with Crippen LogP contribution in [0.15, 0.2) is 28.5 Å². The summed E-state index contributed by atoms with van der Waals surface area (Å²) in [6.45, 7) is 3.13. The normalized spacial score (nSPS) is 16.3. The zero-order chi connectivity index (χ0) is 16.6. The highest BCUT2D eigenvalue weighted by atomic mass is 35.5. The molecule has 0 saturated carbocycles. The third-order valence-electron chi connectivity index (χ3n) is 3.70. The first kappa shape index (κ1) is 17.0.